The average Bonchev–Trinajstić information content (AvgIpc) is 2.66. The van der Waals surface area contributed by atoms with Crippen molar-refractivity contribution in [1.29, 1.82) is 0 Å². The second-order valence-corrected chi connectivity index (χ2v) is 8.03. The van der Waals surface area contributed by atoms with Crippen molar-refractivity contribution in [3.05, 3.63) is 12.2 Å². The molecular weight excluding hydrogens is 332 g/mol. The maximum Gasteiger partial charge on any atom is 0.0466 e. The highest BCUT2D eigenvalue weighted by molar-refractivity contribution is 4.81. The van der Waals surface area contributed by atoms with Crippen LogP contribution in [0.1, 0.15) is 116 Å². The van der Waals surface area contributed by atoms with Gasteiger partial charge in [0.15, 0.2) is 0 Å². The minimum Gasteiger partial charge on any atom is -0.381 e. The highest BCUT2D eigenvalue weighted by Gasteiger charge is 2.00. The quantitative estimate of drug-likeness (QED) is 0.166. The van der Waals surface area contributed by atoms with Gasteiger partial charge in [-0.1, -0.05) is 76.9 Å². The molecule has 0 aliphatic carbocycles. The van der Waals surface area contributed by atoms with Crippen LogP contribution in [-0.2, 0) is 4.74 Å². The number of ether oxygens (including phenoxy) is 1. The van der Waals surface area contributed by atoms with Crippen molar-refractivity contribution >= 4 is 0 Å². The summed E-state index contributed by atoms with van der Waals surface area (Å²) in [6, 6.07) is 0.254. The molecule has 0 radical (unpaired) electrons. The normalized spacial score (nSPS) is 12.9. The van der Waals surface area contributed by atoms with Crippen LogP contribution < -0.4 is 11.5 Å². The monoisotopic (exact) mass is 382 g/mol. The fourth-order valence-electron chi connectivity index (χ4n) is 3.36. The van der Waals surface area contributed by atoms with E-state index in [1.165, 1.54) is 89.9 Å². The predicted molar refractivity (Wildman–Crippen MR) is 121 cm³/mol. The number of hydrogen-bond acceptors (Lipinski definition) is 3. The maximum absolute atomic E-state index is 5.93. The van der Waals surface area contributed by atoms with Gasteiger partial charge in [-0.05, 0) is 57.9 Å². The van der Waals surface area contributed by atoms with Gasteiger partial charge in [0.2, 0.25) is 0 Å². The molecule has 0 bridgehead atoms. The third kappa shape index (κ3) is 23.6. The highest BCUT2D eigenvalue weighted by Crippen LogP contribution is 2.10. The molecule has 0 aromatic carbocycles. The van der Waals surface area contributed by atoms with Gasteiger partial charge in [-0.2, -0.15) is 0 Å². The lowest BCUT2D eigenvalue weighted by molar-refractivity contribution is 0.124. The molecule has 0 rings (SSSR count). The van der Waals surface area contributed by atoms with Crippen LogP contribution in [-0.4, -0.2) is 25.8 Å². The molecule has 0 aliphatic rings. The minimum absolute atomic E-state index is 0.254. The molecule has 0 heterocycles. The van der Waals surface area contributed by atoms with E-state index in [-0.39, 0.29) is 6.04 Å². The van der Waals surface area contributed by atoms with Gasteiger partial charge < -0.3 is 16.2 Å². The fraction of sp³-hybridized carbons (Fsp3) is 0.917. The second-order valence-electron chi connectivity index (χ2n) is 8.03. The van der Waals surface area contributed by atoms with Crippen LogP contribution in [0.4, 0.5) is 0 Å². The second kappa shape index (κ2) is 23.7. The summed E-state index contributed by atoms with van der Waals surface area (Å²) in [5.41, 5.74) is 11.4. The molecule has 0 aliphatic heterocycles. The Kier molecular flexibility index (Phi) is 23.3. The molecule has 1 atom stereocenters. The topological polar surface area (TPSA) is 61.3 Å². The van der Waals surface area contributed by atoms with Crippen molar-refractivity contribution in [2.75, 3.05) is 19.8 Å². The van der Waals surface area contributed by atoms with Gasteiger partial charge in [0.25, 0.3) is 0 Å². The number of nitrogens with two attached hydrogens (primary N) is 2. The van der Waals surface area contributed by atoms with Crippen molar-refractivity contribution in [1.82, 2.24) is 0 Å². The molecule has 0 amide bonds. The Morgan fingerprint density at radius 2 is 1.19 bits per heavy atom. The van der Waals surface area contributed by atoms with Gasteiger partial charge >= 0.3 is 0 Å². The average molecular weight is 383 g/mol. The Labute approximate surface area is 170 Å². The minimum atomic E-state index is 0.254. The summed E-state index contributed by atoms with van der Waals surface area (Å²) in [4.78, 5) is 0. The Morgan fingerprint density at radius 1 is 0.667 bits per heavy atom. The van der Waals surface area contributed by atoms with E-state index in [1.807, 2.05) is 0 Å². The molecule has 162 valence electrons. The largest absolute Gasteiger partial charge is 0.381 e. The molecule has 0 aromatic heterocycles. The van der Waals surface area contributed by atoms with Gasteiger partial charge in [0, 0.05) is 19.3 Å². The van der Waals surface area contributed by atoms with E-state index in [2.05, 4.69) is 19.1 Å². The molecular formula is C24H50N2O. The third-order valence-corrected chi connectivity index (χ3v) is 5.20. The van der Waals surface area contributed by atoms with Crippen molar-refractivity contribution in [3.8, 4) is 0 Å². The zero-order valence-corrected chi connectivity index (χ0v) is 18.4. The molecule has 1 unspecified atom stereocenters. The maximum atomic E-state index is 5.93. The Morgan fingerprint density at radius 3 is 1.78 bits per heavy atom. The summed E-state index contributed by atoms with van der Waals surface area (Å²) in [7, 11) is 0. The molecule has 0 saturated heterocycles. The van der Waals surface area contributed by atoms with E-state index in [1.54, 1.807) is 0 Å². The smallest absolute Gasteiger partial charge is 0.0466 e. The molecule has 0 saturated carbocycles. The highest BCUT2D eigenvalue weighted by atomic mass is 16.5. The molecule has 3 heteroatoms. The lowest BCUT2D eigenvalue weighted by Gasteiger charge is -2.09. The third-order valence-electron chi connectivity index (χ3n) is 5.20. The summed E-state index contributed by atoms with van der Waals surface area (Å²) in [5, 5.41) is 0. The first-order valence-corrected chi connectivity index (χ1v) is 12.0. The first kappa shape index (κ1) is 26.6. The first-order valence-electron chi connectivity index (χ1n) is 12.0. The van der Waals surface area contributed by atoms with E-state index in [4.69, 9.17) is 16.2 Å². The van der Waals surface area contributed by atoms with Crippen molar-refractivity contribution in [2.24, 2.45) is 11.5 Å². The summed E-state index contributed by atoms with van der Waals surface area (Å²) in [6.45, 7) is 4.73. The van der Waals surface area contributed by atoms with Crippen LogP contribution in [0.2, 0.25) is 0 Å². The Balaban J connectivity index is 3.09. The summed E-state index contributed by atoms with van der Waals surface area (Å²) in [5.74, 6) is 0. The zero-order valence-electron chi connectivity index (χ0n) is 18.4. The van der Waals surface area contributed by atoms with E-state index in [9.17, 15) is 0 Å². The van der Waals surface area contributed by atoms with Crippen LogP contribution >= 0.6 is 0 Å². The van der Waals surface area contributed by atoms with Crippen molar-refractivity contribution < 1.29 is 4.74 Å². The van der Waals surface area contributed by atoms with Crippen LogP contribution in [0.3, 0.4) is 0 Å². The number of unbranched alkanes of at least 4 members (excludes halogenated alkanes) is 12. The SMILES string of the molecule is CCCCCCCCC=CCCCCCCCCOCCCC(N)CCN. The molecule has 0 fully saturated rings. The molecule has 0 spiro atoms. The van der Waals surface area contributed by atoms with Crippen LogP contribution in [0, 0.1) is 0 Å². The summed E-state index contributed by atoms with van der Waals surface area (Å²) >= 11 is 0. The van der Waals surface area contributed by atoms with Crippen LogP contribution in [0.25, 0.3) is 0 Å². The summed E-state index contributed by atoms with van der Waals surface area (Å²) in [6.07, 6.45) is 26.7. The van der Waals surface area contributed by atoms with Crippen molar-refractivity contribution in [3.63, 3.8) is 0 Å². The van der Waals surface area contributed by atoms with Gasteiger partial charge in [0.05, 0.1) is 0 Å². The van der Waals surface area contributed by atoms with Gasteiger partial charge in [-0.3, -0.25) is 0 Å². The van der Waals surface area contributed by atoms with Crippen molar-refractivity contribution in [2.45, 2.75) is 122 Å². The Bertz CT molecular complexity index is 294. The van der Waals surface area contributed by atoms with Crippen LogP contribution in [0.15, 0.2) is 12.2 Å². The fourth-order valence-corrected chi connectivity index (χ4v) is 3.36. The number of hydrogen-bond donors (Lipinski definition) is 2. The van der Waals surface area contributed by atoms with Gasteiger partial charge in [-0.25, -0.2) is 0 Å². The standard InChI is InChI=1S/C24H50N2O/c1-2-3-4-5-6-7-8-9-10-11-12-13-14-15-16-17-22-27-23-18-19-24(26)20-21-25/h9-10,24H,2-8,11-23,25-26H2,1H3. The van der Waals surface area contributed by atoms with E-state index < -0.39 is 0 Å². The number of allylic oxidation sites excluding steroid dienone is 2. The lowest BCUT2D eigenvalue weighted by atomic mass is 10.1. The first-order chi connectivity index (χ1) is 13.3. The van der Waals surface area contributed by atoms with E-state index in [0.717, 1.165) is 32.5 Å². The molecule has 0 aromatic rings. The molecule has 3 nitrogen and oxygen atoms in total. The predicted octanol–water partition coefficient (Wildman–Crippen LogP) is 6.50. The summed E-state index contributed by atoms with van der Waals surface area (Å²) < 4.78 is 5.69. The van der Waals surface area contributed by atoms with E-state index >= 15 is 0 Å². The van der Waals surface area contributed by atoms with Crippen LogP contribution in [0.5, 0.6) is 0 Å². The van der Waals surface area contributed by atoms with E-state index in [0.29, 0.717) is 6.54 Å². The lowest BCUT2D eigenvalue weighted by Crippen LogP contribution is -2.23. The zero-order chi connectivity index (χ0) is 19.8. The van der Waals surface area contributed by atoms with Gasteiger partial charge in [0.1, 0.15) is 0 Å². The number of rotatable bonds is 22. The Hall–Kier alpha value is -0.380. The van der Waals surface area contributed by atoms with Gasteiger partial charge in [-0.15, -0.1) is 0 Å². The molecule has 4 N–H and O–H groups in total. The molecule has 27 heavy (non-hydrogen) atoms.